The first-order chi connectivity index (χ1) is 6.38. The van der Waals surface area contributed by atoms with E-state index in [1.54, 1.807) is 0 Å². The van der Waals surface area contributed by atoms with Gasteiger partial charge in [0.25, 0.3) is 0 Å². The summed E-state index contributed by atoms with van der Waals surface area (Å²) in [6.45, 7) is 0. The number of carbonyl (C=O) groups is 1. The van der Waals surface area contributed by atoms with E-state index in [4.69, 9.17) is 0 Å². The number of carbonyl (C=O) groups excluding carboxylic acids is 1. The Hall–Kier alpha value is -0.710. The third-order valence-corrected chi connectivity index (χ3v) is 3.62. The summed E-state index contributed by atoms with van der Waals surface area (Å²) in [6.07, 6.45) is 1.71. The summed E-state index contributed by atoms with van der Waals surface area (Å²) in [4.78, 5) is 10.3. The molecular weight excluding hydrogens is 194 g/mol. The van der Waals surface area contributed by atoms with E-state index < -0.39 is 23.4 Å². The maximum absolute atomic E-state index is 13.2. The first kappa shape index (κ1) is 9.83. The van der Waals surface area contributed by atoms with Crippen molar-refractivity contribution in [3.05, 3.63) is 0 Å². The zero-order chi connectivity index (χ0) is 10.6. The predicted molar refractivity (Wildman–Crippen MR) is 40.4 cm³/mol. The highest BCUT2D eigenvalue weighted by molar-refractivity contribution is 5.75. The Labute approximate surface area is 79.7 Å². The maximum Gasteiger partial charge on any atom is 0.315 e. The molecule has 14 heavy (non-hydrogen) atoms. The summed E-state index contributed by atoms with van der Waals surface area (Å²) in [5, 5.41) is 20.0. The number of alkyl halides is 2. The number of aliphatic carboxylic acids is 1. The average Bonchev–Trinajstić information content (AvgIpc) is 2.63. The molecular formula is C9H11F2O3-. The Morgan fingerprint density at radius 2 is 2.14 bits per heavy atom. The van der Waals surface area contributed by atoms with Gasteiger partial charge >= 0.3 is 5.92 Å². The number of fused-ring (bicyclic) bond motifs is 2. The Kier molecular flexibility index (Phi) is 1.86. The molecule has 2 rings (SSSR count). The lowest BCUT2D eigenvalue weighted by Gasteiger charge is -2.39. The first-order valence-electron chi connectivity index (χ1n) is 4.69. The molecule has 0 aliphatic heterocycles. The van der Waals surface area contributed by atoms with Crippen molar-refractivity contribution in [3.63, 3.8) is 0 Å². The number of carboxylic acids is 1. The fourth-order valence-electron chi connectivity index (χ4n) is 2.86. The van der Waals surface area contributed by atoms with Gasteiger partial charge in [0.15, 0.2) is 0 Å². The van der Waals surface area contributed by atoms with E-state index >= 15 is 0 Å². The van der Waals surface area contributed by atoms with E-state index in [0.29, 0.717) is 12.8 Å². The Morgan fingerprint density at radius 1 is 1.50 bits per heavy atom. The molecule has 2 aliphatic rings. The van der Waals surface area contributed by atoms with Crippen molar-refractivity contribution in [2.24, 2.45) is 11.8 Å². The van der Waals surface area contributed by atoms with Crippen LogP contribution in [0.5, 0.6) is 0 Å². The van der Waals surface area contributed by atoms with E-state index in [1.165, 1.54) is 0 Å². The van der Waals surface area contributed by atoms with Crippen molar-refractivity contribution in [2.75, 3.05) is 0 Å². The molecule has 3 atom stereocenters. The number of halogens is 2. The standard InChI is InChI=1S/C9H12F2O3/c10-9(11,7(12)13)8(14)4-5-1-2-6(8)3-5/h5-6,14H,1-4H2,(H,12,13)/p-1. The third-order valence-electron chi connectivity index (χ3n) is 3.62. The SMILES string of the molecule is O=C([O-])C(F)(F)C1(O)CC2CCC1C2. The van der Waals surface area contributed by atoms with Gasteiger partial charge in [0.05, 0.1) is 0 Å². The first-order valence-corrected chi connectivity index (χ1v) is 4.69. The van der Waals surface area contributed by atoms with Crippen molar-refractivity contribution >= 4 is 5.97 Å². The molecule has 0 spiro atoms. The fraction of sp³-hybridized carbons (Fsp3) is 0.889. The molecule has 2 aliphatic carbocycles. The van der Waals surface area contributed by atoms with Gasteiger partial charge in [0.1, 0.15) is 11.6 Å². The lowest BCUT2D eigenvalue weighted by Crippen LogP contribution is -2.60. The van der Waals surface area contributed by atoms with Gasteiger partial charge < -0.3 is 15.0 Å². The second-order valence-corrected chi connectivity index (χ2v) is 4.37. The highest BCUT2D eigenvalue weighted by atomic mass is 19.3. The minimum absolute atomic E-state index is 0.0511. The summed E-state index contributed by atoms with van der Waals surface area (Å²) in [5.74, 6) is -7.12. The van der Waals surface area contributed by atoms with Crippen LogP contribution in [0.3, 0.4) is 0 Å². The van der Waals surface area contributed by atoms with E-state index in [9.17, 15) is 23.8 Å². The van der Waals surface area contributed by atoms with Crippen LogP contribution in [0.1, 0.15) is 25.7 Å². The molecule has 1 N–H and O–H groups in total. The van der Waals surface area contributed by atoms with Gasteiger partial charge in [-0.3, -0.25) is 0 Å². The van der Waals surface area contributed by atoms with E-state index in [-0.39, 0.29) is 12.3 Å². The van der Waals surface area contributed by atoms with Crippen LogP contribution in [0.25, 0.3) is 0 Å². The van der Waals surface area contributed by atoms with Crippen molar-refractivity contribution in [2.45, 2.75) is 37.2 Å². The minimum atomic E-state index is -4.12. The summed E-state index contributed by atoms with van der Waals surface area (Å²) in [6, 6.07) is 0. The van der Waals surface area contributed by atoms with Crippen LogP contribution < -0.4 is 5.11 Å². The molecule has 0 aromatic carbocycles. The molecule has 2 fully saturated rings. The van der Waals surface area contributed by atoms with Crippen LogP contribution in [0, 0.1) is 11.8 Å². The second kappa shape index (κ2) is 2.66. The molecule has 0 radical (unpaired) electrons. The van der Waals surface area contributed by atoms with Gasteiger partial charge in [-0.15, -0.1) is 0 Å². The van der Waals surface area contributed by atoms with Crippen molar-refractivity contribution < 1.29 is 23.8 Å². The normalized spacial score (nSPS) is 41.6. The second-order valence-electron chi connectivity index (χ2n) is 4.37. The highest BCUT2D eigenvalue weighted by Crippen LogP contribution is 2.56. The Balaban J connectivity index is 2.29. The molecule has 0 saturated heterocycles. The van der Waals surface area contributed by atoms with Gasteiger partial charge in [0, 0.05) is 0 Å². The molecule has 0 aromatic rings. The molecule has 80 valence electrons. The topological polar surface area (TPSA) is 60.4 Å². The summed E-state index contributed by atoms with van der Waals surface area (Å²) >= 11 is 0. The molecule has 2 bridgehead atoms. The summed E-state index contributed by atoms with van der Waals surface area (Å²) in [5.41, 5.74) is -2.37. The van der Waals surface area contributed by atoms with E-state index in [2.05, 4.69) is 0 Å². The lowest BCUT2D eigenvalue weighted by atomic mass is 9.79. The number of hydrogen-bond acceptors (Lipinski definition) is 3. The quantitative estimate of drug-likeness (QED) is 0.686. The summed E-state index contributed by atoms with van der Waals surface area (Å²) < 4.78 is 26.4. The van der Waals surface area contributed by atoms with Crippen LogP contribution >= 0.6 is 0 Å². The third kappa shape index (κ3) is 1.02. The number of hydrogen-bond donors (Lipinski definition) is 1. The van der Waals surface area contributed by atoms with Crippen molar-refractivity contribution in [3.8, 4) is 0 Å². The molecule has 0 aromatic heterocycles. The van der Waals surface area contributed by atoms with Crippen LogP contribution in [0.4, 0.5) is 8.78 Å². The lowest BCUT2D eigenvalue weighted by molar-refractivity contribution is -0.347. The smallest absolute Gasteiger partial charge is 0.315 e. The van der Waals surface area contributed by atoms with Gasteiger partial charge in [-0.25, -0.2) is 0 Å². The number of carboxylic acid groups (broad SMARTS) is 1. The van der Waals surface area contributed by atoms with Crippen molar-refractivity contribution in [1.82, 2.24) is 0 Å². The van der Waals surface area contributed by atoms with Crippen LogP contribution in [0.2, 0.25) is 0 Å². The maximum atomic E-state index is 13.2. The molecule has 3 unspecified atom stereocenters. The molecule has 0 amide bonds. The van der Waals surface area contributed by atoms with Gasteiger partial charge in [0.2, 0.25) is 0 Å². The fourth-order valence-corrected chi connectivity index (χ4v) is 2.86. The monoisotopic (exact) mass is 205 g/mol. The largest absolute Gasteiger partial charge is 0.544 e. The van der Waals surface area contributed by atoms with Crippen molar-refractivity contribution in [1.29, 1.82) is 0 Å². The number of aliphatic hydroxyl groups is 1. The molecule has 2 saturated carbocycles. The predicted octanol–water partition coefficient (Wildman–Crippen LogP) is -0.0773. The van der Waals surface area contributed by atoms with Crippen LogP contribution in [-0.2, 0) is 4.79 Å². The Bertz CT molecular complexity index is 279. The zero-order valence-corrected chi connectivity index (χ0v) is 7.50. The minimum Gasteiger partial charge on any atom is -0.544 e. The molecule has 3 nitrogen and oxygen atoms in total. The van der Waals surface area contributed by atoms with Crippen LogP contribution in [-0.4, -0.2) is 22.6 Å². The number of rotatable bonds is 2. The van der Waals surface area contributed by atoms with Gasteiger partial charge in [-0.05, 0) is 37.5 Å². The summed E-state index contributed by atoms with van der Waals surface area (Å²) in [7, 11) is 0. The highest BCUT2D eigenvalue weighted by Gasteiger charge is 2.64. The van der Waals surface area contributed by atoms with Gasteiger partial charge in [-0.1, -0.05) is 0 Å². The Morgan fingerprint density at radius 3 is 2.50 bits per heavy atom. The zero-order valence-electron chi connectivity index (χ0n) is 7.50. The van der Waals surface area contributed by atoms with Gasteiger partial charge in [-0.2, -0.15) is 8.78 Å². The van der Waals surface area contributed by atoms with Crippen LogP contribution in [0.15, 0.2) is 0 Å². The molecule has 0 heterocycles. The van der Waals surface area contributed by atoms with E-state index in [1.807, 2.05) is 0 Å². The van der Waals surface area contributed by atoms with E-state index in [0.717, 1.165) is 6.42 Å². The average molecular weight is 205 g/mol. The molecule has 5 heteroatoms.